The van der Waals surface area contributed by atoms with Gasteiger partial charge in [-0.1, -0.05) is 30.3 Å². The molecule has 0 amide bonds. The SMILES string of the molecule is CC(C)OP(=O)(OC(C)C)C(N)Cc1ccccc1.O=C(O)C(=O)O. The van der Waals surface area contributed by atoms with Gasteiger partial charge < -0.3 is 25.0 Å². The highest BCUT2D eigenvalue weighted by Gasteiger charge is 2.35. The maximum atomic E-state index is 12.8. The summed E-state index contributed by atoms with van der Waals surface area (Å²) in [5.74, 6) is -4.30. The van der Waals surface area contributed by atoms with Crippen LogP contribution in [0.2, 0.25) is 0 Å². The molecule has 0 aliphatic heterocycles. The van der Waals surface area contributed by atoms with Crippen LogP contribution in [0.4, 0.5) is 0 Å². The molecular formula is C16H26NO7P. The topological polar surface area (TPSA) is 136 Å². The van der Waals surface area contributed by atoms with Crippen molar-refractivity contribution in [2.75, 3.05) is 0 Å². The second kappa shape index (κ2) is 11.0. The Balaban J connectivity index is 0.000000823. The molecule has 1 aromatic rings. The Morgan fingerprint density at radius 3 is 1.72 bits per heavy atom. The van der Waals surface area contributed by atoms with Gasteiger partial charge in [-0.15, -0.1) is 0 Å². The number of carboxylic acid groups (broad SMARTS) is 2. The maximum Gasteiger partial charge on any atom is 0.414 e. The highest BCUT2D eigenvalue weighted by molar-refractivity contribution is 7.54. The van der Waals surface area contributed by atoms with Crippen LogP contribution in [0.25, 0.3) is 0 Å². The second-order valence-electron chi connectivity index (χ2n) is 5.72. The third-order valence-corrected chi connectivity index (χ3v) is 5.02. The molecule has 0 spiro atoms. The molecule has 0 bridgehead atoms. The number of hydrogen-bond acceptors (Lipinski definition) is 6. The molecule has 142 valence electrons. The smallest absolute Gasteiger partial charge is 0.414 e. The standard InChI is InChI=1S/C14H24NO3P.C2H2O4/c1-11(2)17-19(16,18-12(3)4)14(15)10-13-8-6-5-7-9-13;3-1(4)2(5)6/h5-9,11-12,14H,10,15H2,1-4H3;(H,3,4)(H,5,6). The first-order valence-corrected chi connectivity index (χ1v) is 9.31. The van der Waals surface area contributed by atoms with Gasteiger partial charge in [-0.25, -0.2) is 9.59 Å². The van der Waals surface area contributed by atoms with E-state index < -0.39 is 25.3 Å². The minimum absolute atomic E-state index is 0.189. The summed E-state index contributed by atoms with van der Waals surface area (Å²) in [5, 5.41) is 14.8. The first-order valence-electron chi connectivity index (χ1n) is 7.70. The van der Waals surface area contributed by atoms with Crippen molar-refractivity contribution in [3.63, 3.8) is 0 Å². The lowest BCUT2D eigenvalue weighted by Gasteiger charge is -2.27. The minimum atomic E-state index is -3.31. The summed E-state index contributed by atoms with van der Waals surface area (Å²) in [4.78, 5) is 18.2. The fraction of sp³-hybridized carbons (Fsp3) is 0.500. The average Bonchev–Trinajstić information content (AvgIpc) is 2.47. The molecule has 0 saturated heterocycles. The average molecular weight is 375 g/mol. The van der Waals surface area contributed by atoms with Crippen molar-refractivity contribution in [2.24, 2.45) is 5.73 Å². The van der Waals surface area contributed by atoms with Crippen molar-refractivity contribution in [3.8, 4) is 0 Å². The van der Waals surface area contributed by atoms with E-state index in [1.807, 2.05) is 58.0 Å². The van der Waals surface area contributed by atoms with E-state index in [0.29, 0.717) is 6.42 Å². The van der Waals surface area contributed by atoms with Gasteiger partial charge in [0.15, 0.2) is 0 Å². The molecule has 0 heterocycles. The summed E-state index contributed by atoms with van der Waals surface area (Å²) in [7, 11) is -3.31. The number of carbonyl (C=O) groups is 2. The van der Waals surface area contributed by atoms with Crippen LogP contribution in [-0.4, -0.2) is 40.1 Å². The number of carboxylic acids is 2. The molecule has 4 N–H and O–H groups in total. The number of rotatable bonds is 7. The summed E-state index contributed by atoms with van der Waals surface area (Å²) in [6, 6.07) is 9.70. The Kier molecular flexibility index (Phi) is 10.2. The van der Waals surface area contributed by atoms with E-state index in [0.717, 1.165) is 5.56 Å². The van der Waals surface area contributed by atoms with Crippen LogP contribution in [-0.2, 0) is 29.6 Å². The first kappa shape index (κ1) is 23.3. The number of nitrogens with two attached hydrogens (primary N) is 1. The van der Waals surface area contributed by atoms with Crippen molar-refractivity contribution < 1.29 is 33.4 Å². The summed E-state index contributed by atoms with van der Waals surface area (Å²) in [6.45, 7) is 7.30. The summed E-state index contributed by atoms with van der Waals surface area (Å²) >= 11 is 0. The van der Waals surface area contributed by atoms with E-state index >= 15 is 0 Å². The highest BCUT2D eigenvalue weighted by Crippen LogP contribution is 2.53. The van der Waals surface area contributed by atoms with Gasteiger partial charge in [-0.2, -0.15) is 0 Å². The number of hydrogen-bond donors (Lipinski definition) is 3. The summed E-state index contributed by atoms with van der Waals surface area (Å²) < 4.78 is 23.8. The van der Waals surface area contributed by atoms with Crippen molar-refractivity contribution >= 4 is 19.5 Å². The van der Waals surface area contributed by atoms with Crippen LogP contribution in [0.3, 0.4) is 0 Å². The minimum Gasteiger partial charge on any atom is -0.473 e. The normalized spacial score (nSPS) is 12.4. The van der Waals surface area contributed by atoms with Gasteiger partial charge in [0.2, 0.25) is 0 Å². The maximum absolute atomic E-state index is 12.8. The molecule has 8 nitrogen and oxygen atoms in total. The van der Waals surface area contributed by atoms with E-state index in [9.17, 15) is 4.57 Å². The predicted molar refractivity (Wildman–Crippen MR) is 93.4 cm³/mol. The van der Waals surface area contributed by atoms with Crippen LogP contribution < -0.4 is 5.73 Å². The zero-order chi connectivity index (χ0) is 19.6. The van der Waals surface area contributed by atoms with E-state index in [4.69, 9.17) is 34.6 Å². The third kappa shape index (κ3) is 9.99. The van der Waals surface area contributed by atoms with Gasteiger partial charge in [0.1, 0.15) is 5.78 Å². The summed E-state index contributed by atoms with van der Waals surface area (Å²) in [5.41, 5.74) is 7.09. The van der Waals surface area contributed by atoms with Crippen molar-refractivity contribution in [3.05, 3.63) is 35.9 Å². The number of benzene rings is 1. The molecule has 1 unspecified atom stereocenters. The van der Waals surface area contributed by atoms with E-state index in [-0.39, 0.29) is 12.2 Å². The molecule has 9 heteroatoms. The Bertz CT molecular complexity index is 563. The van der Waals surface area contributed by atoms with E-state index in [2.05, 4.69) is 0 Å². The van der Waals surface area contributed by atoms with Crippen molar-refractivity contribution in [2.45, 2.75) is 52.1 Å². The van der Waals surface area contributed by atoms with Crippen LogP contribution >= 0.6 is 7.60 Å². The van der Waals surface area contributed by atoms with Gasteiger partial charge in [0.25, 0.3) is 0 Å². The Hall–Kier alpha value is -1.73. The Labute approximate surface area is 147 Å². The molecule has 1 rings (SSSR count). The fourth-order valence-corrected chi connectivity index (χ4v) is 3.71. The van der Waals surface area contributed by atoms with Gasteiger partial charge in [-0.3, -0.25) is 4.57 Å². The third-order valence-electron chi connectivity index (χ3n) is 2.59. The predicted octanol–water partition coefficient (Wildman–Crippen LogP) is 2.71. The quantitative estimate of drug-likeness (QED) is 0.489. The van der Waals surface area contributed by atoms with Gasteiger partial charge in [0.05, 0.1) is 12.2 Å². The molecule has 1 aromatic carbocycles. The van der Waals surface area contributed by atoms with Crippen LogP contribution in [0.5, 0.6) is 0 Å². The molecular weight excluding hydrogens is 349 g/mol. The zero-order valence-corrected chi connectivity index (χ0v) is 15.7. The molecule has 1 atom stereocenters. The van der Waals surface area contributed by atoms with Crippen LogP contribution in [0.15, 0.2) is 30.3 Å². The lowest BCUT2D eigenvalue weighted by atomic mass is 10.2. The second-order valence-corrected chi connectivity index (χ2v) is 7.88. The van der Waals surface area contributed by atoms with Gasteiger partial charge in [-0.05, 0) is 39.7 Å². The lowest BCUT2D eigenvalue weighted by Crippen LogP contribution is -2.28. The fourth-order valence-electron chi connectivity index (χ4n) is 1.74. The molecule has 0 radical (unpaired) electrons. The monoisotopic (exact) mass is 375 g/mol. The van der Waals surface area contributed by atoms with Crippen molar-refractivity contribution in [1.29, 1.82) is 0 Å². The molecule has 0 aromatic heterocycles. The number of aliphatic carboxylic acids is 2. The Morgan fingerprint density at radius 2 is 1.40 bits per heavy atom. The molecule has 0 fully saturated rings. The highest BCUT2D eigenvalue weighted by atomic mass is 31.2. The largest absolute Gasteiger partial charge is 0.473 e. The zero-order valence-electron chi connectivity index (χ0n) is 14.8. The molecule has 25 heavy (non-hydrogen) atoms. The van der Waals surface area contributed by atoms with Gasteiger partial charge in [0, 0.05) is 0 Å². The molecule has 0 saturated carbocycles. The lowest BCUT2D eigenvalue weighted by molar-refractivity contribution is -0.159. The van der Waals surface area contributed by atoms with Crippen LogP contribution in [0.1, 0.15) is 33.3 Å². The summed E-state index contributed by atoms with van der Waals surface area (Å²) in [6.07, 6.45) is 0.0928. The van der Waals surface area contributed by atoms with E-state index in [1.165, 1.54) is 0 Å². The van der Waals surface area contributed by atoms with Gasteiger partial charge >= 0.3 is 19.5 Å². The van der Waals surface area contributed by atoms with Crippen molar-refractivity contribution in [1.82, 2.24) is 0 Å². The molecule has 0 aliphatic carbocycles. The van der Waals surface area contributed by atoms with E-state index in [1.54, 1.807) is 0 Å². The first-order chi connectivity index (χ1) is 11.5. The Morgan fingerprint density at radius 1 is 1.00 bits per heavy atom. The molecule has 0 aliphatic rings. The van der Waals surface area contributed by atoms with Crippen LogP contribution in [0, 0.1) is 0 Å².